The van der Waals surface area contributed by atoms with Gasteiger partial charge in [0.2, 0.25) is 11.8 Å². The molecule has 0 unspecified atom stereocenters. The summed E-state index contributed by atoms with van der Waals surface area (Å²) >= 11 is 6.24. The van der Waals surface area contributed by atoms with E-state index in [1.807, 2.05) is 31.2 Å². The average molecular weight is 422 g/mol. The van der Waals surface area contributed by atoms with Crippen LogP contribution in [0.3, 0.4) is 0 Å². The predicted octanol–water partition coefficient (Wildman–Crippen LogP) is 1.03. The summed E-state index contributed by atoms with van der Waals surface area (Å²) in [6.07, 6.45) is 1.36. The highest BCUT2D eigenvalue weighted by Gasteiger charge is 2.34. The minimum Gasteiger partial charge on any atom is -0.480 e. The van der Waals surface area contributed by atoms with Gasteiger partial charge in [-0.2, -0.15) is 0 Å². The highest BCUT2D eigenvalue weighted by atomic mass is 32.2. The molecular weight excluding hydrogens is 402 g/mol. The molecule has 3 amide bonds. The van der Waals surface area contributed by atoms with Crippen molar-refractivity contribution in [2.75, 3.05) is 6.54 Å². The third-order valence-electron chi connectivity index (χ3n) is 3.86. The van der Waals surface area contributed by atoms with Crippen molar-refractivity contribution in [2.24, 2.45) is 5.73 Å². The van der Waals surface area contributed by atoms with E-state index in [1.54, 1.807) is 6.08 Å². The number of nitrogens with one attached hydrogen (secondary N) is 1. The maximum Gasteiger partial charge on any atom is 0.326 e. The lowest BCUT2D eigenvalue weighted by molar-refractivity contribution is -0.142. The van der Waals surface area contributed by atoms with Crippen LogP contribution in [0.4, 0.5) is 0 Å². The van der Waals surface area contributed by atoms with E-state index in [1.165, 1.54) is 0 Å². The zero-order valence-corrected chi connectivity index (χ0v) is 16.6. The Bertz CT molecular complexity index is 851. The van der Waals surface area contributed by atoms with Crippen LogP contribution in [0.15, 0.2) is 29.2 Å². The monoisotopic (exact) mass is 421 g/mol. The van der Waals surface area contributed by atoms with Crippen LogP contribution >= 0.6 is 24.0 Å². The number of carboxylic acids is 1. The first-order chi connectivity index (χ1) is 13.2. The fourth-order valence-corrected chi connectivity index (χ4v) is 3.63. The third kappa shape index (κ3) is 5.89. The Morgan fingerprint density at radius 2 is 1.96 bits per heavy atom. The maximum atomic E-state index is 12.5. The van der Waals surface area contributed by atoms with E-state index in [0.29, 0.717) is 4.91 Å². The lowest BCUT2D eigenvalue weighted by Gasteiger charge is -2.17. The average Bonchev–Trinajstić information content (AvgIpc) is 2.87. The highest BCUT2D eigenvalue weighted by Crippen LogP contribution is 2.32. The van der Waals surface area contributed by atoms with Gasteiger partial charge in [-0.3, -0.25) is 19.3 Å². The van der Waals surface area contributed by atoms with E-state index >= 15 is 0 Å². The molecule has 0 bridgehead atoms. The molecule has 28 heavy (non-hydrogen) atoms. The van der Waals surface area contributed by atoms with Crippen molar-refractivity contribution < 1.29 is 24.3 Å². The number of thiocarbonyl (C=S) groups is 1. The second kappa shape index (κ2) is 9.47. The SMILES string of the molecule is Cc1ccc(/C=C2/SC(=S)N(CC(=O)N[C@@H](CCC(N)=O)C(=O)O)C2=O)cc1. The Morgan fingerprint density at radius 1 is 1.32 bits per heavy atom. The molecule has 1 aromatic rings. The van der Waals surface area contributed by atoms with Gasteiger partial charge in [-0.15, -0.1) is 0 Å². The molecule has 8 nitrogen and oxygen atoms in total. The van der Waals surface area contributed by atoms with Crippen LogP contribution in [0.25, 0.3) is 6.08 Å². The molecule has 4 N–H and O–H groups in total. The number of hydrogen-bond donors (Lipinski definition) is 3. The Kier molecular flexibility index (Phi) is 7.30. The van der Waals surface area contributed by atoms with Gasteiger partial charge < -0.3 is 16.2 Å². The smallest absolute Gasteiger partial charge is 0.326 e. The molecule has 1 aliphatic rings. The van der Waals surface area contributed by atoms with E-state index in [-0.39, 0.29) is 17.2 Å². The Hall–Kier alpha value is -2.72. The Morgan fingerprint density at radius 3 is 2.54 bits per heavy atom. The van der Waals surface area contributed by atoms with Crippen LogP contribution in [0.5, 0.6) is 0 Å². The number of primary amides is 1. The normalized spacial score (nSPS) is 16.3. The summed E-state index contributed by atoms with van der Waals surface area (Å²) in [5.74, 6) is -3.07. The van der Waals surface area contributed by atoms with Crippen molar-refractivity contribution in [3.63, 3.8) is 0 Å². The molecule has 0 aliphatic carbocycles. The fourth-order valence-electron chi connectivity index (χ4n) is 2.38. The molecule has 1 atom stereocenters. The van der Waals surface area contributed by atoms with E-state index in [0.717, 1.165) is 27.8 Å². The van der Waals surface area contributed by atoms with Gasteiger partial charge in [0.25, 0.3) is 5.91 Å². The first-order valence-corrected chi connectivity index (χ1v) is 9.52. The number of benzene rings is 1. The van der Waals surface area contributed by atoms with Crippen LogP contribution < -0.4 is 11.1 Å². The molecule has 148 valence electrons. The van der Waals surface area contributed by atoms with Crippen LogP contribution in [0.1, 0.15) is 24.0 Å². The zero-order valence-electron chi connectivity index (χ0n) is 15.0. The van der Waals surface area contributed by atoms with Gasteiger partial charge in [0, 0.05) is 6.42 Å². The molecule has 10 heteroatoms. The van der Waals surface area contributed by atoms with Crippen molar-refractivity contribution >= 4 is 58.1 Å². The number of carbonyl (C=O) groups is 4. The van der Waals surface area contributed by atoms with Crippen LogP contribution in [-0.2, 0) is 19.2 Å². The lowest BCUT2D eigenvalue weighted by Crippen LogP contribution is -2.46. The summed E-state index contributed by atoms with van der Waals surface area (Å²) in [6, 6.07) is 6.28. The van der Waals surface area contributed by atoms with Gasteiger partial charge in [-0.1, -0.05) is 53.8 Å². The summed E-state index contributed by atoms with van der Waals surface area (Å²) in [5, 5.41) is 11.4. The molecule has 0 radical (unpaired) electrons. The topological polar surface area (TPSA) is 130 Å². The number of thioether (sulfide) groups is 1. The number of nitrogens with two attached hydrogens (primary N) is 1. The molecule has 1 aliphatic heterocycles. The number of carbonyl (C=O) groups excluding carboxylic acids is 3. The maximum absolute atomic E-state index is 12.5. The van der Waals surface area contributed by atoms with Crippen molar-refractivity contribution in [2.45, 2.75) is 25.8 Å². The molecule has 0 spiro atoms. The molecule has 1 heterocycles. The van der Waals surface area contributed by atoms with Crippen molar-refractivity contribution in [1.82, 2.24) is 10.2 Å². The number of aryl methyl sites for hydroxylation is 1. The number of nitrogens with zero attached hydrogens (tertiary/aromatic N) is 1. The van der Waals surface area contributed by atoms with E-state index in [4.69, 9.17) is 23.1 Å². The van der Waals surface area contributed by atoms with E-state index in [2.05, 4.69) is 5.32 Å². The standard InChI is InChI=1S/C18H19N3O5S2/c1-10-2-4-11(5-3-10)8-13-16(24)21(18(27)28-13)9-15(23)20-12(17(25)26)6-7-14(19)22/h2-5,8,12H,6-7,9H2,1H3,(H2,19,22)(H,20,23)(H,25,26)/b13-8+/t12-/m0/s1. The predicted molar refractivity (Wildman–Crippen MR) is 109 cm³/mol. The quantitative estimate of drug-likeness (QED) is 0.422. The molecule has 0 saturated carbocycles. The second-order valence-electron chi connectivity index (χ2n) is 6.14. The largest absolute Gasteiger partial charge is 0.480 e. The van der Waals surface area contributed by atoms with Crippen molar-refractivity contribution in [1.29, 1.82) is 0 Å². The van der Waals surface area contributed by atoms with Gasteiger partial charge >= 0.3 is 5.97 Å². The number of hydrogen-bond acceptors (Lipinski definition) is 6. The van der Waals surface area contributed by atoms with Crippen molar-refractivity contribution in [3.05, 3.63) is 40.3 Å². The molecule has 2 rings (SSSR count). The van der Waals surface area contributed by atoms with Crippen LogP contribution in [0.2, 0.25) is 0 Å². The first-order valence-electron chi connectivity index (χ1n) is 8.30. The van der Waals surface area contributed by atoms with Gasteiger partial charge in [-0.25, -0.2) is 4.79 Å². The summed E-state index contributed by atoms with van der Waals surface area (Å²) in [6.45, 7) is 1.55. The summed E-state index contributed by atoms with van der Waals surface area (Å²) in [4.78, 5) is 48.2. The lowest BCUT2D eigenvalue weighted by atomic mass is 10.1. The van der Waals surface area contributed by atoms with Crippen molar-refractivity contribution in [3.8, 4) is 0 Å². The Balaban J connectivity index is 2.02. The first kappa shape index (κ1) is 21.6. The number of rotatable bonds is 8. The summed E-state index contributed by atoms with van der Waals surface area (Å²) in [7, 11) is 0. The van der Waals surface area contributed by atoms with E-state index < -0.39 is 36.3 Å². The molecule has 1 fully saturated rings. The fraction of sp³-hybridized carbons (Fsp3) is 0.278. The van der Waals surface area contributed by atoms with Gasteiger partial charge in [0.15, 0.2) is 0 Å². The number of amides is 3. The molecule has 1 saturated heterocycles. The molecular formula is C18H19N3O5S2. The van der Waals surface area contributed by atoms with Gasteiger partial charge in [0.05, 0.1) is 4.91 Å². The summed E-state index contributed by atoms with van der Waals surface area (Å²) < 4.78 is 0.211. The van der Waals surface area contributed by atoms with Gasteiger partial charge in [-0.05, 0) is 25.0 Å². The van der Waals surface area contributed by atoms with Crippen LogP contribution in [-0.4, -0.2) is 50.6 Å². The second-order valence-corrected chi connectivity index (χ2v) is 7.82. The van der Waals surface area contributed by atoms with E-state index in [9.17, 15) is 19.2 Å². The zero-order chi connectivity index (χ0) is 20.8. The van der Waals surface area contributed by atoms with Gasteiger partial charge in [0.1, 0.15) is 16.9 Å². The Labute approximate surface area is 171 Å². The third-order valence-corrected chi connectivity index (χ3v) is 5.24. The number of carboxylic acid groups (broad SMARTS) is 1. The van der Waals surface area contributed by atoms with Crippen LogP contribution in [0, 0.1) is 6.92 Å². The minimum absolute atomic E-state index is 0.137. The minimum atomic E-state index is -1.29. The molecule has 1 aromatic carbocycles. The highest BCUT2D eigenvalue weighted by molar-refractivity contribution is 8.26. The number of aliphatic carboxylic acids is 1. The summed E-state index contributed by atoms with van der Waals surface area (Å²) in [5.41, 5.74) is 6.92. The molecule has 0 aromatic heterocycles.